The number of hydrogen-bond donors (Lipinski definition) is 3. The lowest BCUT2D eigenvalue weighted by Crippen LogP contribution is -2.22. The van der Waals surface area contributed by atoms with Gasteiger partial charge in [-0.3, -0.25) is 0 Å². The highest BCUT2D eigenvalue weighted by Gasteiger charge is 2.36. The van der Waals surface area contributed by atoms with Gasteiger partial charge in [-0.05, 0) is 204 Å². The van der Waals surface area contributed by atoms with Crippen molar-refractivity contribution in [2.45, 2.75) is 234 Å². The van der Waals surface area contributed by atoms with E-state index in [-0.39, 0.29) is 38.1 Å². The maximum Gasteiger partial charge on any atom is 0.335 e. The third-order valence-corrected chi connectivity index (χ3v) is 23.3. The lowest BCUT2D eigenvalue weighted by molar-refractivity contribution is 0.0696. The van der Waals surface area contributed by atoms with Crippen LogP contribution in [0.25, 0.3) is 89.7 Å². The maximum atomic E-state index is 12.0. The zero-order valence-electron chi connectivity index (χ0n) is 70.1. The predicted octanol–water partition coefficient (Wildman–Crippen LogP) is 26.2. The Hall–Kier alpha value is -10.8. The van der Waals surface area contributed by atoms with Crippen molar-refractivity contribution in [1.82, 2.24) is 39.9 Å². The molecule has 0 spiro atoms. The number of carbonyl (C=O) groups is 1. The minimum atomic E-state index is -1.03. The minimum absolute atomic E-state index is 0.141. The Morgan fingerprint density at radius 1 is 0.301 bits per heavy atom. The Morgan fingerprint density at radius 3 is 0.858 bits per heavy atom. The van der Waals surface area contributed by atoms with Crippen molar-refractivity contribution in [2.75, 3.05) is 21.3 Å². The van der Waals surface area contributed by atoms with Crippen LogP contribution in [0.1, 0.15) is 245 Å². The largest absolute Gasteiger partial charge is 0.496 e. The van der Waals surface area contributed by atoms with Gasteiger partial charge in [-0.2, -0.15) is 0 Å². The number of hydrogen-bond acceptors (Lipinski definition) is 14. The summed E-state index contributed by atoms with van der Waals surface area (Å²) < 4.78 is 47.1. The molecule has 8 bridgehead atoms. The lowest BCUT2D eigenvalue weighted by Gasteiger charge is -2.32. The number of aromatic amines is 2. The summed E-state index contributed by atoms with van der Waals surface area (Å²) in [5, 5.41) is 12.7. The third kappa shape index (κ3) is 16.0. The first kappa shape index (κ1) is 80.2. The maximum absolute atomic E-state index is 12.0. The Labute approximate surface area is 666 Å². The number of aromatic nitrogens is 8. The molecule has 3 aromatic heterocycles. The van der Waals surface area contributed by atoms with Crippen molar-refractivity contribution < 1.29 is 43.1 Å². The summed E-state index contributed by atoms with van der Waals surface area (Å²) in [5.74, 6) is 7.92. The molecule has 5 heterocycles. The molecule has 2 aliphatic heterocycles. The summed E-state index contributed by atoms with van der Waals surface area (Å²) in [6.07, 6.45) is 11.5. The number of benzene rings is 8. The van der Waals surface area contributed by atoms with Crippen LogP contribution in [0.3, 0.4) is 0 Å². The van der Waals surface area contributed by atoms with E-state index in [0.717, 1.165) is 161 Å². The second kappa shape index (κ2) is 31.6. The molecule has 0 amide bonds. The first-order valence-corrected chi connectivity index (χ1v) is 40.4. The molecule has 3 N–H and O–H groups in total. The van der Waals surface area contributed by atoms with Gasteiger partial charge in [0.1, 0.15) is 85.8 Å². The monoisotopic (exact) mass is 1520 g/mol. The summed E-state index contributed by atoms with van der Waals surface area (Å²) in [7, 11) is 5.27. The number of fused-ring (bicyclic) bond motifs is 20. The molecule has 590 valence electrons. The first-order valence-electron chi connectivity index (χ1n) is 40.4. The number of aromatic carboxylic acids is 1. The van der Waals surface area contributed by atoms with E-state index in [0.29, 0.717) is 102 Å². The molecule has 17 nitrogen and oxygen atoms in total. The highest BCUT2D eigenvalue weighted by Crippen LogP contribution is 2.52. The van der Waals surface area contributed by atoms with E-state index in [2.05, 4.69) is 171 Å². The summed E-state index contributed by atoms with van der Waals surface area (Å²) in [6.45, 7) is 40.6. The van der Waals surface area contributed by atoms with Gasteiger partial charge in [0, 0.05) is 77.2 Å². The second-order valence-corrected chi connectivity index (χ2v) is 34.6. The van der Waals surface area contributed by atoms with E-state index in [1.807, 2.05) is 72.8 Å². The molecule has 113 heavy (non-hydrogen) atoms. The van der Waals surface area contributed by atoms with Crippen LogP contribution in [0.15, 0.2) is 133 Å². The van der Waals surface area contributed by atoms with Gasteiger partial charge in [-0.25, -0.2) is 34.7 Å². The van der Waals surface area contributed by atoms with Crippen molar-refractivity contribution in [1.29, 1.82) is 0 Å². The fraction of sp³-hybridized carbons (Fsp3) is 0.406. The van der Waals surface area contributed by atoms with Crippen LogP contribution in [0.5, 0.6) is 63.2 Å². The number of ether oxygens (including phenoxy) is 7. The molecule has 11 aromatic rings. The smallest absolute Gasteiger partial charge is 0.335 e. The number of carboxylic acids is 1. The van der Waals surface area contributed by atoms with Gasteiger partial charge in [-0.15, -0.1) is 0 Å². The predicted molar refractivity (Wildman–Crippen MR) is 456 cm³/mol. The molecule has 13 rings (SSSR count). The van der Waals surface area contributed by atoms with Gasteiger partial charge >= 0.3 is 5.97 Å². The molecular formula is C96H112N8O9. The molecule has 0 saturated heterocycles. The van der Waals surface area contributed by atoms with E-state index in [9.17, 15) is 9.90 Å². The van der Waals surface area contributed by atoms with Crippen molar-refractivity contribution in [3.05, 3.63) is 172 Å². The highest BCUT2D eigenvalue weighted by atomic mass is 16.5. The first-order chi connectivity index (χ1) is 53.8. The number of methoxy groups -OCH3 is 3. The van der Waals surface area contributed by atoms with Crippen LogP contribution in [-0.2, 0) is 32.5 Å². The summed E-state index contributed by atoms with van der Waals surface area (Å²) in [6, 6.07) is 43.3. The molecule has 17 heteroatoms. The van der Waals surface area contributed by atoms with Crippen LogP contribution in [0.2, 0.25) is 0 Å². The quantitative estimate of drug-likeness (QED) is 0.0382. The molecule has 0 aliphatic carbocycles. The lowest BCUT2D eigenvalue weighted by atomic mass is 9.75. The van der Waals surface area contributed by atoms with E-state index in [4.69, 9.17) is 63.1 Å². The van der Waals surface area contributed by atoms with Gasteiger partial charge < -0.3 is 48.2 Å². The number of nitrogens with zero attached hydrogens (tertiary/aromatic N) is 6. The molecular weight excluding hydrogens is 1410 g/mol. The SMILES string of the molecule is CCCC(C)(C)c1cc(Oc2ccc3c(c2)-c2nc-3nc3[nH]c(nc4nc(nc5[nH]c(n2)c2ccc(Oc6cc(C(C)(C)CCC)c(OC)cc6C(C)(C)CCC)cc52)-c2ccc(Oc5ccc(C(=O)O)cc5)cc2-4)c2ccc(Oc4cc(C(C)(C)CCC)c(OC)cc4C(C)(C)CCC)cc32)c(C(C)(C)CCC)cc1OC. The summed E-state index contributed by atoms with van der Waals surface area (Å²) in [5.41, 5.74) is 9.58. The topological polar surface area (TPSA) is 211 Å². The Kier molecular flexibility index (Phi) is 22.5. The third-order valence-electron chi connectivity index (χ3n) is 23.3. The summed E-state index contributed by atoms with van der Waals surface area (Å²) in [4.78, 5) is 52.4. The Bertz CT molecular complexity index is 5530. The zero-order valence-corrected chi connectivity index (χ0v) is 70.1. The van der Waals surface area contributed by atoms with Crippen LogP contribution >= 0.6 is 0 Å². The van der Waals surface area contributed by atoms with Crippen LogP contribution in [0, 0.1) is 0 Å². The Morgan fingerprint density at radius 2 is 0.558 bits per heavy atom. The number of H-pyrrole nitrogens is 2. The molecule has 0 radical (unpaired) electrons. The number of carboxylic acid groups (broad SMARTS) is 1. The van der Waals surface area contributed by atoms with Crippen LogP contribution < -0.4 is 33.2 Å². The molecule has 8 aromatic carbocycles. The molecule has 0 saturated carbocycles. The Balaban J connectivity index is 1.09. The minimum Gasteiger partial charge on any atom is -0.496 e. The normalized spacial score (nSPS) is 12.6. The van der Waals surface area contributed by atoms with Gasteiger partial charge in [0.2, 0.25) is 0 Å². The fourth-order valence-electron chi connectivity index (χ4n) is 17.3. The van der Waals surface area contributed by atoms with Gasteiger partial charge in [-0.1, -0.05) is 163 Å². The average molecular weight is 1520 g/mol. The van der Waals surface area contributed by atoms with E-state index >= 15 is 0 Å². The van der Waals surface area contributed by atoms with E-state index < -0.39 is 5.97 Å². The van der Waals surface area contributed by atoms with Crippen molar-refractivity contribution in [3.8, 4) is 109 Å². The zero-order chi connectivity index (χ0) is 80.9. The van der Waals surface area contributed by atoms with E-state index in [1.165, 1.54) is 12.1 Å². The van der Waals surface area contributed by atoms with Crippen molar-refractivity contribution in [2.24, 2.45) is 0 Å². The van der Waals surface area contributed by atoms with Gasteiger partial charge in [0.15, 0.2) is 23.3 Å². The fourth-order valence-corrected chi connectivity index (χ4v) is 17.3. The number of rotatable bonds is 30. The highest BCUT2D eigenvalue weighted by molar-refractivity contribution is 6.07. The molecule has 2 aliphatic rings. The standard InChI is InChI=1S/C96H112N8O9/c1-22-40-91(7,8)70-53-79(73(50-76(70)107-19)94(13,14)43-25-4)111-59-33-37-63-67(47-59)88-100-83(63)98-86-66-46-58(110-57-30-28-56(29-31-57)90(105)106)32-36-62(66)82(97-86)99-87-68-48-60(112-80-54-71(92(9,10)41-23-2)77(108-20)51-74(80)95(15,16)44-26-5)34-38-64(68)84(101-87)103-89-69-49-61(35-39-65(69)85(102-88)104-89)113-81-55-72(93(11,12)42-24-3)78(109-21)52-75(81)96(17,18)45-27-6/h28-39,46-55H,22-27,40-45H2,1-21H3,(H,105,106)(H2,97,98,99,100,101,102,103,104). The number of nitrogens with one attached hydrogen (secondary N) is 2. The van der Waals surface area contributed by atoms with Gasteiger partial charge in [0.25, 0.3) is 0 Å². The van der Waals surface area contributed by atoms with E-state index in [1.54, 1.807) is 33.5 Å². The van der Waals surface area contributed by atoms with Crippen LogP contribution in [0.4, 0.5) is 0 Å². The van der Waals surface area contributed by atoms with Crippen LogP contribution in [-0.4, -0.2) is 72.3 Å². The molecule has 0 unspecified atom stereocenters. The van der Waals surface area contributed by atoms with Crippen molar-refractivity contribution in [3.63, 3.8) is 0 Å². The van der Waals surface area contributed by atoms with Gasteiger partial charge in [0.05, 0.1) is 26.9 Å². The average Bonchev–Trinajstić information content (AvgIpc) is 1.53. The molecule has 0 fully saturated rings. The summed E-state index contributed by atoms with van der Waals surface area (Å²) >= 11 is 0. The van der Waals surface area contributed by atoms with Crippen molar-refractivity contribution >= 4 is 50.1 Å². The molecule has 0 atom stereocenters. The second-order valence-electron chi connectivity index (χ2n) is 34.6.